The molecule has 0 aromatic carbocycles. The van der Waals surface area contributed by atoms with Crippen LogP contribution in [-0.4, -0.2) is 62.7 Å². The normalized spacial score (nSPS) is 12.3. The Hall–Kier alpha value is -0.120. The monoisotopic (exact) mass is 257 g/mol. The van der Waals surface area contributed by atoms with Gasteiger partial charge in [-0.05, 0) is 32.9 Å². The number of rotatable bonds is 11. The van der Waals surface area contributed by atoms with E-state index in [1.807, 2.05) is 0 Å². The quantitative estimate of drug-likeness (QED) is 0.613. The Bertz CT molecular complexity index is 177. The third-order valence-corrected chi connectivity index (χ3v) is 3.33. The molecule has 0 unspecified atom stereocenters. The highest BCUT2D eigenvalue weighted by molar-refractivity contribution is 4.67. The van der Waals surface area contributed by atoms with Gasteiger partial charge in [0.2, 0.25) is 0 Å². The van der Waals surface area contributed by atoms with Crippen LogP contribution in [0.1, 0.15) is 40.5 Å². The molecular formula is C15H35N3. The van der Waals surface area contributed by atoms with E-state index in [0.29, 0.717) is 6.04 Å². The summed E-state index contributed by atoms with van der Waals surface area (Å²) in [5.74, 6) is 0.750. The maximum absolute atomic E-state index is 3.66. The van der Waals surface area contributed by atoms with E-state index in [1.165, 1.54) is 32.5 Å². The van der Waals surface area contributed by atoms with Crippen LogP contribution in [0.3, 0.4) is 0 Å². The van der Waals surface area contributed by atoms with Crippen LogP contribution in [-0.2, 0) is 0 Å². The lowest BCUT2D eigenvalue weighted by Gasteiger charge is -2.27. The molecule has 0 atom stereocenters. The molecule has 0 spiro atoms. The van der Waals surface area contributed by atoms with E-state index in [0.717, 1.165) is 19.0 Å². The van der Waals surface area contributed by atoms with Crippen LogP contribution >= 0.6 is 0 Å². The highest BCUT2D eigenvalue weighted by Gasteiger charge is 2.08. The second-order valence-corrected chi connectivity index (χ2v) is 5.97. The number of hydrogen-bond donors (Lipinski definition) is 1. The van der Waals surface area contributed by atoms with Crippen LogP contribution < -0.4 is 5.32 Å². The van der Waals surface area contributed by atoms with Gasteiger partial charge in [0.1, 0.15) is 0 Å². The molecular weight excluding hydrogens is 222 g/mol. The molecule has 0 aromatic heterocycles. The van der Waals surface area contributed by atoms with Gasteiger partial charge >= 0.3 is 0 Å². The molecule has 0 saturated carbocycles. The number of nitrogens with zero attached hydrogens (tertiary/aromatic N) is 2. The Labute approximate surface area is 115 Å². The topological polar surface area (TPSA) is 18.5 Å². The van der Waals surface area contributed by atoms with Crippen LogP contribution in [0.15, 0.2) is 0 Å². The van der Waals surface area contributed by atoms with Gasteiger partial charge in [0.15, 0.2) is 0 Å². The first-order valence-electron chi connectivity index (χ1n) is 7.60. The van der Waals surface area contributed by atoms with Crippen molar-refractivity contribution in [1.82, 2.24) is 15.1 Å². The van der Waals surface area contributed by atoms with Gasteiger partial charge in [-0.3, -0.25) is 0 Å². The van der Waals surface area contributed by atoms with Gasteiger partial charge in [-0.2, -0.15) is 0 Å². The summed E-state index contributed by atoms with van der Waals surface area (Å²) < 4.78 is 0. The fourth-order valence-electron chi connectivity index (χ4n) is 2.16. The molecule has 0 heterocycles. The first-order valence-corrected chi connectivity index (χ1v) is 7.60. The summed E-state index contributed by atoms with van der Waals surface area (Å²) in [6, 6.07) is 0.694. The van der Waals surface area contributed by atoms with Gasteiger partial charge in [0.05, 0.1) is 0 Å². The van der Waals surface area contributed by atoms with Crippen molar-refractivity contribution >= 4 is 0 Å². The third-order valence-electron chi connectivity index (χ3n) is 3.33. The van der Waals surface area contributed by atoms with Crippen LogP contribution in [0.4, 0.5) is 0 Å². The summed E-state index contributed by atoms with van der Waals surface area (Å²) in [7, 11) is 4.30. The van der Waals surface area contributed by atoms with Crippen molar-refractivity contribution < 1.29 is 0 Å². The van der Waals surface area contributed by atoms with Crippen molar-refractivity contribution in [1.29, 1.82) is 0 Å². The smallest absolute Gasteiger partial charge is 0.0110 e. The predicted molar refractivity (Wildman–Crippen MR) is 82.2 cm³/mol. The molecule has 110 valence electrons. The molecule has 0 aliphatic rings. The van der Waals surface area contributed by atoms with Crippen molar-refractivity contribution in [2.24, 2.45) is 5.92 Å². The number of likely N-dealkylation sites (N-methyl/N-ethyl adjacent to an activating group) is 1. The third kappa shape index (κ3) is 9.86. The summed E-state index contributed by atoms with van der Waals surface area (Å²) in [4.78, 5) is 4.85. The first-order chi connectivity index (χ1) is 8.49. The molecule has 0 bridgehead atoms. The molecule has 0 aromatic rings. The second kappa shape index (κ2) is 10.8. The zero-order valence-electron chi connectivity index (χ0n) is 13.5. The zero-order valence-corrected chi connectivity index (χ0v) is 13.5. The van der Waals surface area contributed by atoms with Crippen LogP contribution in [0.2, 0.25) is 0 Å². The molecule has 0 aliphatic carbocycles. The standard InChI is InChI=1S/C15H35N3/c1-7-15(8-2)16-9-10-18(13-14(3)4)12-11-17(5)6/h14-16H,7-13H2,1-6H3. The molecule has 0 amide bonds. The van der Waals surface area contributed by atoms with Gasteiger partial charge in [-0.1, -0.05) is 27.7 Å². The fraction of sp³-hybridized carbons (Fsp3) is 1.00. The van der Waals surface area contributed by atoms with E-state index in [4.69, 9.17) is 0 Å². The first kappa shape index (κ1) is 17.9. The Kier molecular flexibility index (Phi) is 10.7. The summed E-state index contributed by atoms with van der Waals surface area (Å²) in [6.45, 7) is 15.0. The molecule has 3 heteroatoms. The van der Waals surface area contributed by atoms with Gasteiger partial charge in [0, 0.05) is 38.8 Å². The van der Waals surface area contributed by atoms with E-state index in [-0.39, 0.29) is 0 Å². The minimum absolute atomic E-state index is 0.694. The summed E-state index contributed by atoms with van der Waals surface area (Å²) in [5.41, 5.74) is 0. The Morgan fingerprint density at radius 2 is 1.56 bits per heavy atom. The van der Waals surface area contributed by atoms with E-state index >= 15 is 0 Å². The van der Waals surface area contributed by atoms with E-state index in [9.17, 15) is 0 Å². The average molecular weight is 257 g/mol. The Balaban J connectivity index is 3.91. The molecule has 3 nitrogen and oxygen atoms in total. The van der Waals surface area contributed by atoms with Gasteiger partial charge in [-0.25, -0.2) is 0 Å². The van der Waals surface area contributed by atoms with Crippen molar-refractivity contribution in [3.63, 3.8) is 0 Å². The highest BCUT2D eigenvalue weighted by atomic mass is 15.2. The second-order valence-electron chi connectivity index (χ2n) is 5.97. The lowest BCUT2D eigenvalue weighted by Crippen LogP contribution is -2.40. The number of nitrogens with one attached hydrogen (secondary N) is 1. The van der Waals surface area contributed by atoms with E-state index < -0.39 is 0 Å². The van der Waals surface area contributed by atoms with Gasteiger partial charge in [-0.15, -0.1) is 0 Å². The summed E-state index contributed by atoms with van der Waals surface area (Å²) in [5, 5.41) is 3.66. The van der Waals surface area contributed by atoms with Crippen LogP contribution in [0, 0.1) is 5.92 Å². The maximum Gasteiger partial charge on any atom is 0.0110 e. The predicted octanol–water partition coefficient (Wildman–Crippen LogP) is 2.28. The molecule has 0 saturated heterocycles. The molecule has 1 N–H and O–H groups in total. The lowest BCUT2D eigenvalue weighted by atomic mass is 10.1. The van der Waals surface area contributed by atoms with Crippen molar-refractivity contribution in [3.05, 3.63) is 0 Å². The minimum Gasteiger partial charge on any atom is -0.313 e. The van der Waals surface area contributed by atoms with Gasteiger partial charge in [0.25, 0.3) is 0 Å². The SMILES string of the molecule is CCC(CC)NCCN(CCN(C)C)CC(C)C. The molecule has 0 rings (SSSR count). The lowest BCUT2D eigenvalue weighted by molar-refractivity contribution is 0.216. The summed E-state index contributed by atoms with van der Waals surface area (Å²) >= 11 is 0. The fourth-order valence-corrected chi connectivity index (χ4v) is 2.16. The molecule has 0 aliphatic heterocycles. The summed E-state index contributed by atoms with van der Waals surface area (Å²) in [6.07, 6.45) is 2.47. The van der Waals surface area contributed by atoms with Crippen LogP contribution in [0.25, 0.3) is 0 Å². The highest BCUT2D eigenvalue weighted by Crippen LogP contribution is 2.00. The largest absolute Gasteiger partial charge is 0.313 e. The average Bonchev–Trinajstić information content (AvgIpc) is 2.30. The van der Waals surface area contributed by atoms with Crippen molar-refractivity contribution in [3.8, 4) is 0 Å². The van der Waals surface area contributed by atoms with Crippen LogP contribution in [0.5, 0.6) is 0 Å². The van der Waals surface area contributed by atoms with E-state index in [1.54, 1.807) is 0 Å². The van der Waals surface area contributed by atoms with E-state index in [2.05, 4.69) is 56.9 Å². The van der Waals surface area contributed by atoms with Gasteiger partial charge < -0.3 is 15.1 Å². The minimum atomic E-state index is 0.694. The molecule has 18 heavy (non-hydrogen) atoms. The van der Waals surface area contributed by atoms with Crippen molar-refractivity contribution in [2.75, 3.05) is 46.8 Å². The molecule has 0 fully saturated rings. The Morgan fingerprint density at radius 3 is 2.00 bits per heavy atom. The maximum atomic E-state index is 3.66. The van der Waals surface area contributed by atoms with Crippen molar-refractivity contribution in [2.45, 2.75) is 46.6 Å². The molecule has 0 radical (unpaired) electrons. The Morgan fingerprint density at radius 1 is 0.944 bits per heavy atom. The number of hydrogen-bond acceptors (Lipinski definition) is 3. The zero-order chi connectivity index (χ0) is 14.0.